The molecule has 1 aliphatic heterocycles. The Bertz CT molecular complexity index is 1130. The lowest BCUT2D eigenvalue weighted by atomic mass is 9.48. The van der Waals surface area contributed by atoms with Crippen molar-refractivity contribution in [3.05, 3.63) is 58.5 Å². The van der Waals surface area contributed by atoms with Gasteiger partial charge in [-0.05, 0) is 108 Å². The number of imide groups is 1. The number of benzene rings is 2. The van der Waals surface area contributed by atoms with Gasteiger partial charge in [0.1, 0.15) is 5.75 Å². The Morgan fingerprint density at radius 1 is 0.971 bits per heavy atom. The fourth-order valence-electron chi connectivity index (χ4n) is 7.16. The van der Waals surface area contributed by atoms with E-state index in [1.165, 1.54) is 49.7 Å². The fourth-order valence-corrected chi connectivity index (χ4v) is 7.84. The van der Waals surface area contributed by atoms with Crippen molar-refractivity contribution in [1.29, 1.82) is 0 Å². The first-order valence-electron chi connectivity index (χ1n) is 12.1. The molecule has 1 heterocycles. The lowest BCUT2D eigenvalue weighted by Gasteiger charge is -2.57. The Labute approximate surface area is 204 Å². The van der Waals surface area contributed by atoms with E-state index in [-0.39, 0.29) is 23.4 Å². The predicted octanol–water partition coefficient (Wildman–Crippen LogP) is 6.13. The monoisotopic (exact) mass is 475 g/mol. The normalized spacial score (nSPS) is 30.7. The number of carbonyl (C=O) groups is 2. The summed E-state index contributed by atoms with van der Waals surface area (Å²) < 4.78 is 11.3. The molecular weight excluding hydrogens is 446 g/mol. The molecule has 2 aromatic rings. The molecule has 0 unspecified atom stereocenters. The summed E-state index contributed by atoms with van der Waals surface area (Å²) in [6.45, 7) is 0.260. The molecular formula is C28H29NO4S. The average molecular weight is 476 g/mol. The molecule has 4 saturated carbocycles. The number of carbonyl (C=O) groups excluding carboxylic acids is 2. The molecule has 176 valence electrons. The van der Waals surface area contributed by atoms with Gasteiger partial charge in [-0.3, -0.25) is 14.9 Å². The zero-order chi connectivity index (χ0) is 23.3. The van der Waals surface area contributed by atoms with Gasteiger partial charge < -0.3 is 9.47 Å². The van der Waals surface area contributed by atoms with Crippen LogP contribution in [0.2, 0.25) is 0 Å². The summed E-state index contributed by atoms with van der Waals surface area (Å²) in [6, 6.07) is 14.8. The molecule has 5 aliphatic rings. The highest BCUT2D eigenvalue weighted by molar-refractivity contribution is 8.18. The summed E-state index contributed by atoms with van der Waals surface area (Å²) in [5.74, 6) is 3.20. The molecule has 4 aliphatic carbocycles. The largest absolute Gasteiger partial charge is 0.467 e. The van der Waals surface area contributed by atoms with Crippen LogP contribution in [-0.2, 0) is 14.9 Å². The van der Waals surface area contributed by atoms with Gasteiger partial charge in [0, 0.05) is 12.7 Å². The lowest BCUT2D eigenvalue weighted by molar-refractivity contribution is -0.115. The first kappa shape index (κ1) is 21.9. The summed E-state index contributed by atoms with van der Waals surface area (Å²) in [5.41, 5.74) is 4.78. The molecule has 5 nitrogen and oxygen atoms in total. The molecule has 0 aromatic heterocycles. The zero-order valence-electron chi connectivity index (χ0n) is 19.3. The number of amides is 2. The molecule has 7 rings (SSSR count). The van der Waals surface area contributed by atoms with Crippen molar-refractivity contribution in [2.75, 3.05) is 13.9 Å². The topological polar surface area (TPSA) is 64.6 Å². The van der Waals surface area contributed by atoms with E-state index >= 15 is 0 Å². The molecule has 2 amide bonds. The zero-order valence-corrected chi connectivity index (χ0v) is 20.2. The smallest absolute Gasteiger partial charge is 0.290 e. The fraction of sp³-hybridized carbons (Fsp3) is 0.429. The number of methoxy groups -OCH3 is 1. The summed E-state index contributed by atoms with van der Waals surface area (Å²) in [6.07, 6.45) is 9.81. The highest BCUT2D eigenvalue weighted by Crippen LogP contribution is 2.62. The quantitative estimate of drug-likeness (QED) is 0.402. The van der Waals surface area contributed by atoms with E-state index in [1.54, 1.807) is 13.2 Å². The predicted molar refractivity (Wildman–Crippen MR) is 133 cm³/mol. The molecule has 1 saturated heterocycles. The highest BCUT2D eigenvalue weighted by atomic mass is 32.2. The van der Waals surface area contributed by atoms with E-state index in [9.17, 15) is 9.59 Å². The van der Waals surface area contributed by atoms with Crippen molar-refractivity contribution in [2.45, 2.75) is 43.9 Å². The second-order valence-electron chi connectivity index (χ2n) is 10.4. The van der Waals surface area contributed by atoms with Crippen LogP contribution in [0.15, 0.2) is 47.4 Å². The van der Waals surface area contributed by atoms with Gasteiger partial charge >= 0.3 is 0 Å². The first-order valence-corrected chi connectivity index (χ1v) is 12.9. The van der Waals surface area contributed by atoms with E-state index in [2.05, 4.69) is 35.6 Å². The number of nitrogens with one attached hydrogen (secondary N) is 1. The molecule has 6 heteroatoms. The van der Waals surface area contributed by atoms with E-state index < -0.39 is 0 Å². The van der Waals surface area contributed by atoms with Gasteiger partial charge in [0.25, 0.3) is 11.1 Å². The van der Waals surface area contributed by atoms with Gasteiger partial charge in [0.15, 0.2) is 6.79 Å². The van der Waals surface area contributed by atoms with E-state index in [1.807, 2.05) is 12.1 Å². The minimum absolute atomic E-state index is 0.220. The van der Waals surface area contributed by atoms with Crippen LogP contribution in [0.5, 0.6) is 5.75 Å². The molecule has 0 atom stereocenters. The Hall–Kier alpha value is -2.57. The maximum absolute atomic E-state index is 11.8. The Balaban J connectivity index is 1.33. The van der Waals surface area contributed by atoms with Crippen LogP contribution < -0.4 is 10.1 Å². The van der Waals surface area contributed by atoms with Gasteiger partial charge in [0.05, 0.1) is 4.91 Å². The van der Waals surface area contributed by atoms with Crippen LogP contribution in [0.25, 0.3) is 17.2 Å². The standard InChI is InChI=1S/C28H29NO4S/c1-32-16-33-24-7-6-22(12-23(24)28-13-18-8-19(14-28)10-20(9-18)15-28)21-4-2-17(3-5-21)11-25-26(30)29-27(31)34-25/h2-7,11-12,18-20H,8-10,13-16H2,1H3,(H,29,30,31). The van der Waals surface area contributed by atoms with E-state index in [0.717, 1.165) is 46.4 Å². The number of hydrogen-bond acceptors (Lipinski definition) is 5. The van der Waals surface area contributed by atoms with E-state index in [0.29, 0.717) is 4.91 Å². The van der Waals surface area contributed by atoms with Crippen LogP contribution in [0.3, 0.4) is 0 Å². The maximum atomic E-state index is 11.8. The third kappa shape index (κ3) is 3.97. The second-order valence-corrected chi connectivity index (χ2v) is 11.4. The SMILES string of the molecule is COCOc1ccc(-c2ccc(C=C3SC(=O)NC3=O)cc2)cc1C12CC3CC(CC(C3)C1)C2. The van der Waals surface area contributed by atoms with Gasteiger partial charge in [-0.2, -0.15) is 0 Å². The minimum Gasteiger partial charge on any atom is -0.467 e. The summed E-state index contributed by atoms with van der Waals surface area (Å²) in [7, 11) is 1.67. The van der Waals surface area contributed by atoms with Crippen molar-refractivity contribution in [3.63, 3.8) is 0 Å². The number of thioether (sulfide) groups is 1. The van der Waals surface area contributed by atoms with Crippen molar-refractivity contribution in [1.82, 2.24) is 5.32 Å². The molecule has 1 N–H and O–H groups in total. The molecule has 0 radical (unpaired) electrons. The van der Waals surface area contributed by atoms with Crippen LogP contribution >= 0.6 is 11.8 Å². The first-order chi connectivity index (χ1) is 16.5. The van der Waals surface area contributed by atoms with Crippen molar-refractivity contribution >= 4 is 29.0 Å². The summed E-state index contributed by atoms with van der Waals surface area (Å²) in [5, 5.41) is 1.98. The van der Waals surface area contributed by atoms with Gasteiger partial charge in [-0.25, -0.2) is 0 Å². The lowest BCUT2D eigenvalue weighted by Crippen LogP contribution is -2.48. The van der Waals surface area contributed by atoms with Crippen LogP contribution in [0.4, 0.5) is 4.79 Å². The summed E-state index contributed by atoms with van der Waals surface area (Å²) in [4.78, 5) is 23.7. The molecule has 34 heavy (non-hydrogen) atoms. The molecule has 4 bridgehead atoms. The number of hydrogen-bond donors (Lipinski definition) is 1. The maximum Gasteiger partial charge on any atom is 0.290 e. The molecule has 0 spiro atoms. The third-order valence-electron chi connectivity index (χ3n) is 8.11. The second kappa shape index (κ2) is 8.58. The van der Waals surface area contributed by atoms with Crippen molar-refractivity contribution in [3.8, 4) is 16.9 Å². The van der Waals surface area contributed by atoms with Gasteiger partial charge in [0.2, 0.25) is 0 Å². The number of ether oxygens (including phenoxy) is 2. The van der Waals surface area contributed by atoms with Gasteiger partial charge in [-0.15, -0.1) is 0 Å². The average Bonchev–Trinajstić information content (AvgIpc) is 3.13. The third-order valence-corrected chi connectivity index (χ3v) is 8.92. The number of rotatable bonds is 6. The Kier molecular flexibility index (Phi) is 5.53. The van der Waals surface area contributed by atoms with Gasteiger partial charge in [-0.1, -0.05) is 30.3 Å². The minimum atomic E-state index is -0.328. The molecule has 2 aromatic carbocycles. The Morgan fingerprint density at radius 2 is 1.62 bits per heavy atom. The van der Waals surface area contributed by atoms with Crippen LogP contribution in [0, 0.1) is 17.8 Å². The van der Waals surface area contributed by atoms with Crippen molar-refractivity contribution < 1.29 is 19.1 Å². The summed E-state index contributed by atoms with van der Waals surface area (Å²) >= 11 is 0.944. The van der Waals surface area contributed by atoms with Crippen LogP contribution in [-0.4, -0.2) is 25.0 Å². The van der Waals surface area contributed by atoms with E-state index in [4.69, 9.17) is 9.47 Å². The van der Waals surface area contributed by atoms with Crippen LogP contribution in [0.1, 0.15) is 49.7 Å². The Morgan fingerprint density at radius 3 is 2.21 bits per heavy atom. The highest BCUT2D eigenvalue weighted by Gasteiger charge is 2.52. The molecule has 5 fully saturated rings. The van der Waals surface area contributed by atoms with Crippen molar-refractivity contribution in [2.24, 2.45) is 17.8 Å².